The van der Waals surface area contributed by atoms with Crippen LogP contribution in [0, 0.1) is 5.92 Å². The van der Waals surface area contributed by atoms with Crippen LogP contribution in [0.25, 0.3) is 0 Å². The van der Waals surface area contributed by atoms with E-state index in [0.717, 1.165) is 10.5 Å². The predicted octanol–water partition coefficient (Wildman–Crippen LogP) is 2.36. The third-order valence-corrected chi connectivity index (χ3v) is 3.42. The first kappa shape index (κ1) is 15.0. The number of hydrogen-bond acceptors (Lipinski definition) is 4. The molecule has 0 saturated carbocycles. The van der Waals surface area contributed by atoms with Crippen molar-refractivity contribution in [1.29, 1.82) is 0 Å². The Morgan fingerprint density at radius 2 is 1.95 bits per heavy atom. The summed E-state index contributed by atoms with van der Waals surface area (Å²) in [6, 6.07) is 5.89. The smallest absolute Gasteiger partial charge is 0.329 e. The Kier molecular flexibility index (Phi) is 4.26. The molecule has 1 aliphatic heterocycles. The molecule has 3 amide bonds. The number of urea groups is 1. The molecule has 0 aromatic heterocycles. The van der Waals surface area contributed by atoms with Gasteiger partial charge in [-0.2, -0.15) is 0 Å². The van der Waals surface area contributed by atoms with Crippen LogP contribution in [-0.2, 0) is 4.79 Å². The van der Waals surface area contributed by atoms with Crippen LogP contribution in [0.3, 0.4) is 0 Å². The quantitative estimate of drug-likeness (QED) is 0.386. The second kappa shape index (κ2) is 5.95. The summed E-state index contributed by atoms with van der Waals surface area (Å²) in [5.41, 5.74) is 1.71. The molecular weight excluding hydrogens is 270 g/mol. The van der Waals surface area contributed by atoms with Crippen molar-refractivity contribution in [2.24, 2.45) is 11.1 Å². The first-order valence-corrected chi connectivity index (χ1v) is 6.87. The molecule has 2 rings (SSSR count). The molecule has 6 heteroatoms. The second-order valence-electron chi connectivity index (χ2n) is 5.54. The van der Waals surface area contributed by atoms with Crippen LogP contribution in [0.15, 0.2) is 29.4 Å². The van der Waals surface area contributed by atoms with E-state index in [1.807, 2.05) is 13.8 Å². The monoisotopic (exact) mass is 289 g/mol. The lowest BCUT2D eigenvalue weighted by Crippen LogP contribution is -2.31. The van der Waals surface area contributed by atoms with Crippen LogP contribution in [0.1, 0.15) is 32.8 Å². The highest BCUT2D eigenvalue weighted by molar-refractivity contribution is 6.21. The van der Waals surface area contributed by atoms with E-state index in [2.05, 4.69) is 10.5 Å². The van der Waals surface area contributed by atoms with Crippen molar-refractivity contribution < 1.29 is 14.8 Å². The van der Waals surface area contributed by atoms with Crippen LogP contribution in [0.2, 0.25) is 0 Å². The standard InChI is InChI=1S/C15H19N3O3/c1-9(2)8-13-14(19)18(15(20)16-13)12-6-4-11(5-7-12)10(3)17-21/h4-7,9,13,21H,8H2,1-3H3,(H,16,20). The molecule has 1 aromatic carbocycles. The van der Waals surface area contributed by atoms with Crippen molar-refractivity contribution in [1.82, 2.24) is 5.32 Å². The van der Waals surface area contributed by atoms with Gasteiger partial charge in [-0.25, -0.2) is 9.69 Å². The third kappa shape index (κ3) is 3.04. The number of hydrogen-bond donors (Lipinski definition) is 2. The van der Waals surface area contributed by atoms with Crippen molar-refractivity contribution in [2.45, 2.75) is 33.2 Å². The molecule has 1 heterocycles. The van der Waals surface area contributed by atoms with Gasteiger partial charge in [0, 0.05) is 0 Å². The van der Waals surface area contributed by atoms with Crippen LogP contribution >= 0.6 is 0 Å². The topological polar surface area (TPSA) is 82.0 Å². The molecule has 1 saturated heterocycles. The third-order valence-electron chi connectivity index (χ3n) is 3.42. The summed E-state index contributed by atoms with van der Waals surface area (Å²) in [6.07, 6.45) is 0.620. The van der Waals surface area contributed by atoms with Gasteiger partial charge in [0.1, 0.15) is 6.04 Å². The number of imide groups is 1. The van der Waals surface area contributed by atoms with Gasteiger partial charge in [-0.05, 0) is 37.0 Å². The minimum absolute atomic E-state index is 0.228. The molecule has 0 bridgehead atoms. The second-order valence-corrected chi connectivity index (χ2v) is 5.54. The minimum Gasteiger partial charge on any atom is -0.411 e. The van der Waals surface area contributed by atoms with Gasteiger partial charge >= 0.3 is 6.03 Å². The van der Waals surface area contributed by atoms with Gasteiger partial charge in [0.2, 0.25) is 0 Å². The normalized spacial score (nSPS) is 19.3. The average molecular weight is 289 g/mol. The van der Waals surface area contributed by atoms with E-state index < -0.39 is 12.1 Å². The van der Waals surface area contributed by atoms with Gasteiger partial charge in [-0.1, -0.05) is 31.1 Å². The molecule has 1 fully saturated rings. The lowest BCUT2D eigenvalue weighted by molar-refractivity contribution is -0.118. The van der Waals surface area contributed by atoms with Gasteiger partial charge < -0.3 is 10.5 Å². The fraction of sp³-hybridized carbons (Fsp3) is 0.400. The number of nitrogens with one attached hydrogen (secondary N) is 1. The summed E-state index contributed by atoms with van der Waals surface area (Å²) in [4.78, 5) is 25.4. The minimum atomic E-state index is -0.460. The number of benzene rings is 1. The average Bonchev–Trinajstić information content (AvgIpc) is 2.72. The van der Waals surface area contributed by atoms with Crippen molar-refractivity contribution >= 4 is 23.3 Å². The lowest BCUT2D eigenvalue weighted by atomic mass is 10.0. The first-order valence-electron chi connectivity index (χ1n) is 6.87. The number of carbonyl (C=O) groups is 2. The molecule has 6 nitrogen and oxygen atoms in total. The lowest BCUT2D eigenvalue weighted by Gasteiger charge is -2.14. The van der Waals surface area contributed by atoms with Crippen molar-refractivity contribution in [3.8, 4) is 0 Å². The molecule has 2 N–H and O–H groups in total. The van der Waals surface area contributed by atoms with Crippen molar-refractivity contribution in [2.75, 3.05) is 4.90 Å². The predicted molar refractivity (Wildman–Crippen MR) is 79.7 cm³/mol. The van der Waals surface area contributed by atoms with E-state index in [1.165, 1.54) is 0 Å². The highest BCUT2D eigenvalue weighted by Gasteiger charge is 2.38. The summed E-state index contributed by atoms with van der Waals surface area (Å²) in [7, 11) is 0. The number of carbonyl (C=O) groups excluding carboxylic acids is 2. The molecule has 112 valence electrons. The first-order chi connectivity index (χ1) is 9.93. The van der Waals surface area contributed by atoms with E-state index in [-0.39, 0.29) is 5.91 Å². The Bertz CT molecular complexity index is 578. The van der Waals surface area contributed by atoms with Crippen LogP contribution < -0.4 is 10.2 Å². The van der Waals surface area contributed by atoms with E-state index >= 15 is 0 Å². The Hall–Kier alpha value is -2.37. The molecule has 21 heavy (non-hydrogen) atoms. The van der Waals surface area contributed by atoms with E-state index in [9.17, 15) is 9.59 Å². The highest BCUT2D eigenvalue weighted by Crippen LogP contribution is 2.22. The number of amides is 3. The maximum Gasteiger partial charge on any atom is 0.329 e. The Morgan fingerprint density at radius 1 is 1.33 bits per heavy atom. The number of nitrogens with zero attached hydrogens (tertiary/aromatic N) is 2. The number of oxime groups is 1. The van der Waals surface area contributed by atoms with Gasteiger partial charge in [0.05, 0.1) is 11.4 Å². The summed E-state index contributed by atoms with van der Waals surface area (Å²) in [5.74, 6) is 0.0963. The van der Waals surface area contributed by atoms with Gasteiger partial charge in [-0.15, -0.1) is 0 Å². The highest BCUT2D eigenvalue weighted by atomic mass is 16.4. The molecule has 0 aliphatic carbocycles. The molecule has 0 spiro atoms. The fourth-order valence-corrected chi connectivity index (χ4v) is 2.32. The van der Waals surface area contributed by atoms with E-state index in [4.69, 9.17) is 5.21 Å². The maximum atomic E-state index is 12.3. The number of anilines is 1. The molecule has 1 aliphatic rings. The van der Waals surface area contributed by atoms with Gasteiger partial charge in [-0.3, -0.25) is 4.79 Å². The van der Waals surface area contributed by atoms with Gasteiger partial charge in [0.15, 0.2) is 0 Å². The zero-order valence-electron chi connectivity index (χ0n) is 12.3. The van der Waals surface area contributed by atoms with Crippen LogP contribution in [-0.4, -0.2) is 28.9 Å². The van der Waals surface area contributed by atoms with E-state index in [0.29, 0.717) is 23.7 Å². The maximum absolute atomic E-state index is 12.3. The van der Waals surface area contributed by atoms with E-state index in [1.54, 1.807) is 31.2 Å². The molecule has 1 unspecified atom stereocenters. The summed E-state index contributed by atoms with van der Waals surface area (Å²) in [5, 5.41) is 14.6. The van der Waals surface area contributed by atoms with Gasteiger partial charge in [0.25, 0.3) is 5.91 Å². The summed E-state index contributed by atoms with van der Waals surface area (Å²) < 4.78 is 0. The summed E-state index contributed by atoms with van der Waals surface area (Å²) in [6.45, 7) is 5.68. The zero-order valence-corrected chi connectivity index (χ0v) is 12.3. The molecule has 1 atom stereocenters. The SMILES string of the molecule is CC(=NO)c1ccc(N2C(=O)NC(CC(C)C)C2=O)cc1. The van der Waals surface area contributed by atoms with Crippen molar-refractivity contribution in [3.63, 3.8) is 0 Å². The molecular formula is C15H19N3O3. The molecule has 0 radical (unpaired) electrons. The fourth-order valence-electron chi connectivity index (χ4n) is 2.32. The van der Waals surface area contributed by atoms with Crippen molar-refractivity contribution in [3.05, 3.63) is 29.8 Å². The Labute approximate surface area is 123 Å². The molecule has 1 aromatic rings. The summed E-state index contributed by atoms with van der Waals surface area (Å²) >= 11 is 0. The van der Waals surface area contributed by atoms with Crippen LogP contribution in [0.4, 0.5) is 10.5 Å². The Balaban J connectivity index is 2.22. The van der Waals surface area contributed by atoms with Crippen LogP contribution in [0.5, 0.6) is 0 Å². The Morgan fingerprint density at radius 3 is 2.48 bits per heavy atom. The largest absolute Gasteiger partial charge is 0.411 e. The zero-order chi connectivity index (χ0) is 15.6. The number of rotatable bonds is 4.